The van der Waals surface area contributed by atoms with E-state index in [1.807, 2.05) is 0 Å². The third-order valence-electron chi connectivity index (χ3n) is 3.91. The molecule has 8 nitrogen and oxygen atoms in total. The molecule has 0 saturated heterocycles. The van der Waals surface area contributed by atoms with Crippen molar-refractivity contribution < 1.29 is 27.5 Å². The number of nitrogens with one attached hydrogen (secondary N) is 1. The number of nitrogens with zero attached hydrogens (tertiary/aromatic N) is 3. The summed E-state index contributed by atoms with van der Waals surface area (Å²) in [6.45, 7) is 1.91. The molecule has 0 spiro atoms. The van der Waals surface area contributed by atoms with E-state index in [0.29, 0.717) is 11.3 Å². The lowest BCUT2D eigenvalue weighted by Crippen LogP contribution is -2.17. The Kier molecular flexibility index (Phi) is 5.72. The van der Waals surface area contributed by atoms with Gasteiger partial charge in [0.05, 0.1) is 17.7 Å². The molecule has 0 aliphatic carbocycles. The molecule has 1 aromatic heterocycles. The lowest BCUT2D eigenvalue weighted by molar-refractivity contribution is -0.137. The predicted octanol–water partition coefficient (Wildman–Crippen LogP) is 3.49. The van der Waals surface area contributed by atoms with E-state index in [0.717, 1.165) is 28.9 Å². The average molecular weight is 419 g/mol. The molecule has 156 valence electrons. The Morgan fingerprint density at radius 3 is 2.47 bits per heavy atom. The molecule has 11 heteroatoms. The highest BCUT2D eigenvalue weighted by Crippen LogP contribution is 2.29. The lowest BCUT2D eigenvalue weighted by Gasteiger charge is -2.07. The van der Waals surface area contributed by atoms with Gasteiger partial charge in [0, 0.05) is 11.3 Å². The van der Waals surface area contributed by atoms with E-state index >= 15 is 0 Å². The van der Waals surface area contributed by atoms with E-state index in [4.69, 9.17) is 10.5 Å². The smallest absolute Gasteiger partial charge is 0.416 e. The maximum atomic E-state index is 12.7. The molecule has 0 radical (unpaired) electrons. The highest BCUT2D eigenvalue weighted by molar-refractivity contribution is 5.97. The van der Waals surface area contributed by atoms with E-state index in [9.17, 15) is 22.8 Å². The number of anilines is 3. The zero-order valence-electron chi connectivity index (χ0n) is 15.6. The van der Waals surface area contributed by atoms with Gasteiger partial charge in [-0.05, 0) is 49.4 Å². The maximum Gasteiger partial charge on any atom is 0.416 e. The van der Waals surface area contributed by atoms with Gasteiger partial charge < -0.3 is 15.8 Å². The lowest BCUT2D eigenvalue weighted by atomic mass is 10.1. The number of rotatable bonds is 5. The van der Waals surface area contributed by atoms with Crippen molar-refractivity contribution in [1.82, 2.24) is 14.8 Å². The SMILES string of the molecule is CCOC(=O)c1cccc(Nc2nc(N)n(C(=O)c3ccc(C(F)(F)F)cc3)n2)c1. The van der Waals surface area contributed by atoms with Crippen LogP contribution in [0.5, 0.6) is 0 Å². The minimum Gasteiger partial charge on any atom is -0.462 e. The fourth-order valence-electron chi connectivity index (χ4n) is 2.52. The maximum absolute atomic E-state index is 12.7. The van der Waals surface area contributed by atoms with E-state index in [1.165, 1.54) is 6.07 Å². The summed E-state index contributed by atoms with van der Waals surface area (Å²) in [6, 6.07) is 9.97. The number of carbonyl (C=O) groups is 2. The first-order valence-corrected chi connectivity index (χ1v) is 8.67. The van der Waals surface area contributed by atoms with Crippen molar-refractivity contribution in [3.63, 3.8) is 0 Å². The standard InChI is InChI=1S/C19H16F3N5O3/c1-2-30-16(29)12-4-3-5-14(10-12)24-18-25-17(23)27(26-18)15(28)11-6-8-13(9-7-11)19(20,21)22/h3-10H,2H2,1H3,(H3,23,24,25,26). The van der Waals surface area contributed by atoms with Gasteiger partial charge in [-0.15, -0.1) is 5.10 Å². The topological polar surface area (TPSA) is 112 Å². The van der Waals surface area contributed by atoms with E-state index in [-0.39, 0.29) is 24.1 Å². The second kappa shape index (κ2) is 8.23. The number of aromatic nitrogens is 3. The van der Waals surface area contributed by atoms with Gasteiger partial charge in [0.2, 0.25) is 11.9 Å². The van der Waals surface area contributed by atoms with Crippen LogP contribution < -0.4 is 11.1 Å². The van der Waals surface area contributed by atoms with Crippen LogP contribution in [0.4, 0.5) is 30.8 Å². The molecule has 0 atom stereocenters. The summed E-state index contributed by atoms with van der Waals surface area (Å²) in [7, 11) is 0. The molecule has 0 aliphatic heterocycles. The summed E-state index contributed by atoms with van der Waals surface area (Å²) in [5.74, 6) is -1.55. The Morgan fingerprint density at radius 2 is 1.83 bits per heavy atom. The zero-order chi connectivity index (χ0) is 21.9. The Balaban J connectivity index is 1.79. The minimum absolute atomic E-state index is 0.0335. The van der Waals surface area contributed by atoms with Crippen molar-refractivity contribution in [2.75, 3.05) is 17.7 Å². The fraction of sp³-hybridized carbons (Fsp3) is 0.158. The molecule has 0 saturated carbocycles. The van der Waals surface area contributed by atoms with Gasteiger partial charge in [0.1, 0.15) is 0 Å². The van der Waals surface area contributed by atoms with Crippen molar-refractivity contribution >= 4 is 29.5 Å². The number of alkyl halides is 3. The second-order valence-corrected chi connectivity index (χ2v) is 6.01. The van der Waals surface area contributed by atoms with Crippen molar-refractivity contribution in [3.8, 4) is 0 Å². The van der Waals surface area contributed by atoms with Crippen molar-refractivity contribution in [2.45, 2.75) is 13.1 Å². The number of hydrogen-bond acceptors (Lipinski definition) is 7. The van der Waals surface area contributed by atoms with Crippen LogP contribution in [-0.4, -0.2) is 33.2 Å². The third kappa shape index (κ3) is 4.57. The number of nitrogens with two attached hydrogens (primary N) is 1. The first kappa shape index (κ1) is 20.8. The number of halogens is 3. The number of ether oxygens (including phenoxy) is 1. The van der Waals surface area contributed by atoms with Gasteiger partial charge >= 0.3 is 12.1 Å². The number of hydrogen-bond donors (Lipinski definition) is 2. The Labute approximate surface area is 168 Å². The van der Waals surface area contributed by atoms with Crippen molar-refractivity contribution in [1.29, 1.82) is 0 Å². The highest BCUT2D eigenvalue weighted by atomic mass is 19.4. The molecule has 30 heavy (non-hydrogen) atoms. The largest absolute Gasteiger partial charge is 0.462 e. The Hall–Kier alpha value is -3.89. The molecular weight excluding hydrogens is 403 g/mol. The molecule has 0 bridgehead atoms. The summed E-state index contributed by atoms with van der Waals surface area (Å²) in [6.07, 6.45) is -4.51. The molecule has 3 N–H and O–H groups in total. The molecule has 3 rings (SSSR count). The zero-order valence-corrected chi connectivity index (χ0v) is 15.6. The average Bonchev–Trinajstić information content (AvgIpc) is 3.07. The first-order chi connectivity index (χ1) is 14.2. The summed E-state index contributed by atoms with van der Waals surface area (Å²) in [5.41, 5.74) is 5.54. The van der Waals surface area contributed by atoms with Gasteiger partial charge in [-0.1, -0.05) is 6.07 Å². The third-order valence-corrected chi connectivity index (χ3v) is 3.91. The molecule has 3 aromatic rings. The number of carbonyl (C=O) groups excluding carboxylic acids is 2. The van der Waals surface area contributed by atoms with Crippen LogP contribution in [0.2, 0.25) is 0 Å². The minimum atomic E-state index is -4.51. The first-order valence-electron chi connectivity index (χ1n) is 8.67. The monoisotopic (exact) mass is 419 g/mol. The van der Waals surface area contributed by atoms with Crippen LogP contribution >= 0.6 is 0 Å². The van der Waals surface area contributed by atoms with Crippen LogP contribution in [0, 0.1) is 0 Å². The predicted molar refractivity (Wildman–Crippen MR) is 101 cm³/mol. The fourth-order valence-corrected chi connectivity index (χ4v) is 2.52. The summed E-state index contributed by atoms with van der Waals surface area (Å²) >= 11 is 0. The second-order valence-electron chi connectivity index (χ2n) is 6.01. The van der Waals surface area contributed by atoms with Crippen LogP contribution in [0.15, 0.2) is 48.5 Å². The number of benzene rings is 2. The van der Waals surface area contributed by atoms with E-state index in [2.05, 4.69) is 15.4 Å². The van der Waals surface area contributed by atoms with Crippen molar-refractivity contribution in [2.24, 2.45) is 0 Å². The van der Waals surface area contributed by atoms with Gasteiger partial charge in [-0.3, -0.25) is 4.79 Å². The molecule has 2 aromatic carbocycles. The van der Waals surface area contributed by atoms with Crippen LogP contribution in [0.25, 0.3) is 0 Å². The Morgan fingerprint density at radius 1 is 1.13 bits per heavy atom. The molecule has 0 unspecified atom stereocenters. The van der Waals surface area contributed by atoms with Gasteiger partial charge in [-0.25, -0.2) is 4.79 Å². The summed E-state index contributed by atoms with van der Waals surface area (Å²) < 4.78 is 43.7. The van der Waals surface area contributed by atoms with Gasteiger partial charge in [0.15, 0.2) is 0 Å². The normalized spacial score (nSPS) is 11.2. The summed E-state index contributed by atoms with van der Waals surface area (Å²) in [5, 5.41) is 6.75. The van der Waals surface area contributed by atoms with Gasteiger partial charge in [0.25, 0.3) is 5.91 Å². The van der Waals surface area contributed by atoms with Crippen molar-refractivity contribution in [3.05, 3.63) is 65.2 Å². The molecule has 0 aliphatic rings. The summed E-state index contributed by atoms with van der Waals surface area (Å²) in [4.78, 5) is 28.3. The molecule has 1 heterocycles. The quantitative estimate of drug-likeness (QED) is 0.609. The van der Waals surface area contributed by atoms with Gasteiger partial charge in [-0.2, -0.15) is 22.8 Å². The van der Waals surface area contributed by atoms with Crippen LogP contribution in [0.1, 0.15) is 33.2 Å². The van der Waals surface area contributed by atoms with E-state index in [1.54, 1.807) is 25.1 Å². The number of esters is 1. The van der Waals surface area contributed by atoms with Crippen LogP contribution in [0.3, 0.4) is 0 Å². The van der Waals surface area contributed by atoms with Crippen LogP contribution in [-0.2, 0) is 10.9 Å². The molecule has 0 amide bonds. The Bertz CT molecular complexity index is 1080. The van der Waals surface area contributed by atoms with E-state index < -0.39 is 23.6 Å². The molecule has 0 fully saturated rings. The molecular formula is C19H16F3N5O3. The highest BCUT2D eigenvalue weighted by Gasteiger charge is 2.30. The number of nitrogen functional groups attached to an aromatic ring is 1.